The van der Waals surface area contributed by atoms with Crippen molar-refractivity contribution < 1.29 is 19.1 Å². The van der Waals surface area contributed by atoms with Gasteiger partial charge < -0.3 is 9.47 Å². The van der Waals surface area contributed by atoms with Crippen molar-refractivity contribution in [3.63, 3.8) is 0 Å². The van der Waals surface area contributed by atoms with Gasteiger partial charge in [-0.05, 0) is 56.3 Å². The number of hydrogen-bond donors (Lipinski definition) is 0. The van der Waals surface area contributed by atoms with E-state index in [0.29, 0.717) is 22.8 Å². The molecule has 4 fully saturated rings. The number of ether oxygens (including phenoxy) is 2. The van der Waals surface area contributed by atoms with Gasteiger partial charge in [0.15, 0.2) is 6.61 Å². The highest BCUT2D eigenvalue weighted by Gasteiger charge is 2.63. The maximum absolute atomic E-state index is 12.4. The van der Waals surface area contributed by atoms with Gasteiger partial charge in [-0.15, -0.1) is 0 Å². The van der Waals surface area contributed by atoms with E-state index < -0.39 is 11.9 Å². The largest absolute Gasteiger partial charge is 0.456 e. The highest BCUT2D eigenvalue weighted by molar-refractivity contribution is 5.88. The van der Waals surface area contributed by atoms with E-state index in [0.717, 1.165) is 18.8 Å². The molecule has 4 aliphatic rings. The lowest BCUT2D eigenvalue weighted by Gasteiger charge is -2.65. The molecule has 0 aromatic heterocycles. The first-order valence-electron chi connectivity index (χ1n) is 9.21. The standard InChI is InChI=1S/C20H30O4/c1-12(2)18(22)23-11-17(21)24-20(13(3)4)15-6-14-7-16(20)10-19(5,8-14)9-15/h13-16H,1,6-11H2,2-5H3. The molecule has 2 unspecified atom stereocenters. The predicted octanol–water partition coefficient (Wildman–Crippen LogP) is 3.89. The number of rotatable bonds is 5. The molecule has 0 aliphatic heterocycles. The van der Waals surface area contributed by atoms with E-state index in [4.69, 9.17) is 9.47 Å². The van der Waals surface area contributed by atoms with Crippen LogP contribution in [0.3, 0.4) is 0 Å². The molecule has 4 heteroatoms. The Balaban J connectivity index is 1.74. The highest BCUT2D eigenvalue weighted by atomic mass is 16.6. The molecule has 0 amide bonds. The molecule has 0 aromatic carbocycles. The average molecular weight is 334 g/mol. The van der Waals surface area contributed by atoms with E-state index in [1.165, 1.54) is 19.3 Å². The Morgan fingerprint density at radius 1 is 1.17 bits per heavy atom. The van der Waals surface area contributed by atoms with Crippen LogP contribution in [-0.4, -0.2) is 24.1 Å². The second kappa shape index (κ2) is 5.89. The van der Waals surface area contributed by atoms with E-state index in [2.05, 4.69) is 27.4 Å². The normalized spacial score (nSPS) is 39.8. The molecule has 0 heterocycles. The van der Waals surface area contributed by atoms with Gasteiger partial charge in [0, 0.05) is 17.4 Å². The summed E-state index contributed by atoms with van der Waals surface area (Å²) in [5, 5.41) is 0. The summed E-state index contributed by atoms with van der Waals surface area (Å²) in [4.78, 5) is 23.9. The summed E-state index contributed by atoms with van der Waals surface area (Å²) in [5.41, 5.74) is 0.334. The first kappa shape index (κ1) is 17.5. The summed E-state index contributed by atoms with van der Waals surface area (Å²) in [6, 6.07) is 0. The molecule has 0 saturated heterocycles. The second-order valence-corrected chi connectivity index (χ2v) is 8.99. The monoisotopic (exact) mass is 334 g/mol. The minimum atomic E-state index is -0.539. The molecule has 4 saturated carbocycles. The number of carbonyl (C=O) groups excluding carboxylic acids is 2. The van der Waals surface area contributed by atoms with Crippen LogP contribution in [0.15, 0.2) is 12.2 Å². The third-order valence-electron chi connectivity index (χ3n) is 6.63. The highest BCUT2D eigenvalue weighted by Crippen LogP contribution is 2.66. The summed E-state index contributed by atoms with van der Waals surface area (Å²) in [6.07, 6.45) is 5.97. The molecule has 0 spiro atoms. The maximum atomic E-state index is 12.4. The Labute approximate surface area is 145 Å². The molecule has 4 nitrogen and oxygen atoms in total. The summed E-state index contributed by atoms with van der Waals surface area (Å²) < 4.78 is 11.1. The van der Waals surface area contributed by atoms with E-state index in [-0.39, 0.29) is 18.1 Å². The van der Waals surface area contributed by atoms with Crippen LogP contribution in [0.5, 0.6) is 0 Å². The van der Waals surface area contributed by atoms with Crippen molar-refractivity contribution >= 4 is 11.9 Å². The quantitative estimate of drug-likeness (QED) is 0.565. The summed E-state index contributed by atoms with van der Waals surface area (Å²) in [6.45, 7) is 11.5. The van der Waals surface area contributed by atoms with Crippen LogP contribution in [0.25, 0.3) is 0 Å². The lowest BCUT2D eigenvalue weighted by Crippen LogP contribution is -2.64. The fraction of sp³-hybridized carbons (Fsp3) is 0.800. The predicted molar refractivity (Wildman–Crippen MR) is 91.1 cm³/mol. The third-order valence-corrected chi connectivity index (χ3v) is 6.63. The molecule has 0 aromatic rings. The van der Waals surface area contributed by atoms with Crippen molar-refractivity contribution in [2.45, 2.75) is 65.4 Å². The summed E-state index contributed by atoms with van der Waals surface area (Å²) in [7, 11) is 0. The van der Waals surface area contributed by atoms with Gasteiger partial charge >= 0.3 is 11.9 Å². The molecular formula is C20H30O4. The van der Waals surface area contributed by atoms with Gasteiger partial charge in [0.2, 0.25) is 0 Å². The first-order chi connectivity index (χ1) is 11.2. The fourth-order valence-electron chi connectivity index (χ4n) is 6.09. The van der Waals surface area contributed by atoms with Gasteiger partial charge in [-0.1, -0.05) is 27.4 Å². The molecule has 24 heavy (non-hydrogen) atoms. The smallest absolute Gasteiger partial charge is 0.344 e. The van der Waals surface area contributed by atoms with E-state index >= 15 is 0 Å². The van der Waals surface area contributed by atoms with Gasteiger partial charge in [0.05, 0.1) is 0 Å². The summed E-state index contributed by atoms with van der Waals surface area (Å²) >= 11 is 0. The molecular weight excluding hydrogens is 304 g/mol. The lowest BCUT2D eigenvalue weighted by molar-refractivity contribution is -0.240. The minimum absolute atomic E-state index is 0.275. The topological polar surface area (TPSA) is 52.6 Å². The number of esters is 2. The lowest BCUT2D eigenvalue weighted by atomic mass is 9.43. The van der Waals surface area contributed by atoms with Crippen molar-refractivity contribution in [3.8, 4) is 0 Å². The van der Waals surface area contributed by atoms with E-state index in [9.17, 15) is 9.59 Å². The zero-order valence-electron chi connectivity index (χ0n) is 15.4. The molecule has 0 radical (unpaired) electrons. The van der Waals surface area contributed by atoms with Gasteiger partial charge in [-0.2, -0.15) is 0 Å². The zero-order valence-corrected chi connectivity index (χ0v) is 15.4. The third kappa shape index (κ3) is 2.78. The van der Waals surface area contributed by atoms with E-state index in [1.54, 1.807) is 6.92 Å². The van der Waals surface area contributed by atoms with E-state index in [1.807, 2.05) is 0 Å². The van der Waals surface area contributed by atoms with Gasteiger partial charge in [-0.25, -0.2) is 9.59 Å². The van der Waals surface area contributed by atoms with Crippen LogP contribution in [-0.2, 0) is 19.1 Å². The SMILES string of the molecule is C=C(C)C(=O)OCC(=O)OC1(C(C)C)C2CC3CC1CC(C)(C3)C2. The Hall–Kier alpha value is -1.32. The van der Waals surface area contributed by atoms with Gasteiger partial charge in [0.25, 0.3) is 0 Å². The Bertz CT molecular complexity index is 546. The molecule has 2 atom stereocenters. The Kier molecular flexibility index (Phi) is 4.29. The van der Waals surface area contributed by atoms with Crippen molar-refractivity contribution in [1.82, 2.24) is 0 Å². The number of carbonyl (C=O) groups is 2. The fourth-order valence-corrected chi connectivity index (χ4v) is 6.09. The molecule has 4 bridgehead atoms. The minimum Gasteiger partial charge on any atom is -0.456 e. The second-order valence-electron chi connectivity index (χ2n) is 8.99. The van der Waals surface area contributed by atoms with Crippen LogP contribution in [0, 0.1) is 29.1 Å². The number of hydrogen-bond acceptors (Lipinski definition) is 4. The van der Waals surface area contributed by atoms with Gasteiger partial charge in [0.1, 0.15) is 5.60 Å². The van der Waals surface area contributed by atoms with Crippen LogP contribution < -0.4 is 0 Å². The van der Waals surface area contributed by atoms with Crippen LogP contribution in [0.1, 0.15) is 59.8 Å². The van der Waals surface area contributed by atoms with Crippen molar-refractivity contribution in [1.29, 1.82) is 0 Å². The molecule has 4 rings (SSSR count). The van der Waals surface area contributed by atoms with Crippen LogP contribution >= 0.6 is 0 Å². The van der Waals surface area contributed by atoms with Crippen LogP contribution in [0.2, 0.25) is 0 Å². The van der Waals surface area contributed by atoms with Gasteiger partial charge in [-0.3, -0.25) is 0 Å². The molecule has 4 aliphatic carbocycles. The Morgan fingerprint density at radius 2 is 1.75 bits per heavy atom. The first-order valence-corrected chi connectivity index (χ1v) is 9.21. The van der Waals surface area contributed by atoms with Crippen molar-refractivity contribution in [3.05, 3.63) is 12.2 Å². The molecule has 0 N–H and O–H groups in total. The molecule has 134 valence electrons. The Morgan fingerprint density at radius 3 is 2.21 bits per heavy atom. The van der Waals surface area contributed by atoms with Crippen LogP contribution in [0.4, 0.5) is 0 Å². The summed E-state index contributed by atoms with van der Waals surface area (Å²) in [5.74, 6) is 0.986. The van der Waals surface area contributed by atoms with Crippen molar-refractivity contribution in [2.75, 3.05) is 6.61 Å². The maximum Gasteiger partial charge on any atom is 0.344 e. The van der Waals surface area contributed by atoms with Crippen molar-refractivity contribution in [2.24, 2.45) is 29.1 Å². The zero-order chi connectivity index (χ0) is 17.7. The average Bonchev–Trinajstić information content (AvgIpc) is 2.46.